The van der Waals surface area contributed by atoms with Crippen LogP contribution in [0.3, 0.4) is 0 Å². The van der Waals surface area contributed by atoms with E-state index in [0.29, 0.717) is 11.8 Å². The molecule has 0 bridgehead atoms. The van der Waals surface area contributed by atoms with Crippen LogP contribution < -0.4 is 4.74 Å². The van der Waals surface area contributed by atoms with E-state index < -0.39 is 0 Å². The molecule has 3 nitrogen and oxygen atoms in total. The van der Waals surface area contributed by atoms with Crippen molar-refractivity contribution in [3.63, 3.8) is 0 Å². The maximum Gasteiger partial charge on any atom is 0.166 e. The van der Waals surface area contributed by atoms with Crippen molar-refractivity contribution in [3.05, 3.63) is 84.1 Å². The summed E-state index contributed by atoms with van der Waals surface area (Å²) in [4.78, 5) is 11.9. The van der Waals surface area contributed by atoms with Crippen LogP contribution in [0.1, 0.15) is 62.5 Å². The second-order valence-electron chi connectivity index (χ2n) is 10.1. The average Bonchev–Trinajstić information content (AvgIpc) is 3.46. The van der Waals surface area contributed by atoms with Crippen LogP contribution in [0.2, 0.25) is 0 Å². The van der Waals surface area contributed by atoms with Gasteiger partial charge in [-0.1, -0.05) is 51.1 Å². The third kappa shape index (κ3) is 4.32. The Morgan fingerprint density at radius 3 is 2.15 bits per heavy atom. The standard InChI is InChI=1S/C30H31NO2/c1-30(2,3)24-11-8-21(9-12-24)22-10-17-29-23(18-22)19-26(20-32)31(29)25-13-15-28(16-14-25)33-27-6-4-5-7-27/h8-20,27H,4-7H2,1-3H3. The van der Waals surface area contributed by atoms with Crippen molar-refractivity contribution < 1.29 is 9.53 Å². The second-order valence-corrected chi connectivity index (χ2v) is 10.1. The summed E-state index contributed by atoms with van der Waals surface area (Å²) in [7, 11) is 0. The van der Waals surface area contributed by atoms with Gasteiger partial charge in [-0.2, -0.15) is 0 Å². The number of carbonyl (C=O) groups is 1. The minimum absolute atomic E-state index is 0.135. The molecule has 1 aromatic heterocycles. The fraction of sp³-hybridized carbons (Fsp3) is 0.300. The van der Waals surface area contributed by atoms with Gasteiger partial charge in [-0.15, -0.1) is 0 Å². The molecule has 1 aliphatic rings. The van der Waals surface area contributed by atoms with E-state index >= 15 is 0 Å². The van der Waals surface area contributed by atoms with Gasteiger partial charge in [0.2, 0.25) is 0 Å². The van der Waals surface area contributed by atoms with E-state index in [1.807, 2.05) is 34.9 Å². The first kappa shape index (κ1) is 21.5. The predicted octanol–water partition coefficient (Wildman–Crippen LogP) is 7.73. The number of benzene rings is 3. The van der Waals surface area contributed by atoms with Crippen LogP contribution in [0.5, 0.6) is 5.75 Å². The number of hydrogen-bond donors (Lipinski definition) is 0. The van der Waals surface area contributed by atoms with Gasteiger partial charge < -0.3 is 9.30 Å². The fourth-order valence-electron chi connectivity index (χ4n) is 4.83. The molecule has 168 valence electrons. The van der Waals surface area contributed by atoms with E-state index in [4.69, 9.17) is 4.74 Å². The molecule has 33 heavy (non-hydrogen) atoms. The Hall–Kier alpha value is -3.33. The zero-order chi connectivity index (χ0) is 23.0. The number of fused-ring (bicyclic) bond motifs is 1. The fourth-order valence-corrected chi connectivity index (χ4v) is 4.83. The lowest BCUT2D eigenvalue weighted by molar-refractivity contribution is 0.111. The lowest BCUT2D eigenvalue weighted by Gasteiger charge is -2.19. The first-order valence-corrected chi connectivity index (χ1v) is 11.9. The number of carbonyl (C=O) groups excluding carboxylic acids is 1. The second kappa shape index (κ2) is 8.55. The Kier molecular flexibility index (Phi) is 5.57. The SMILES string of the molecule is CC(C)(C)c1ccc(-c2ccc3c(c2)cc(C=O)n3-c2ccc(OC3CCCC3)cc2)cc1. The van der Waals surface area contributed by atoms with E-state index in [2.05, 4.69) is 63.2 Å². The van der Waals surface area contributed by atoms with Crippen molar-refractivity contribution in [3.8, 4) is 22.6 Å². The molecule has 1 fully saturated rings. The molecule has 3 aromatic carbocycles. The van der Waals surface area contributed by atoms with Gasteiger partial charge in [-0.25, -0.2) is 0 Å². The van der Waals surface area contributed by atoms with Gasteiger partial charge in [0.15, 0.2) is 6.29 Å². The number of aldehydes is 1. The van der Waals surface area contributed by atoms with E-state index in [1.54, 1.807) is 0 Å². The van der Waals surface area contributed by atoms with Crippen LogP contribution in [-0.2, 0) is 5.41 Å². The Morgan fingerprint density at radius 2 is 1.52 bits per heavy atom. The summed E-state index contributed by atoms with van der Waals surface area (Å²) >= 11 is 0. The van der Waals surface area contributed by atoms with Crippen LogP contribution >= 0.6 is 0 Å². The molecule has 3 heteroatoms. The van der Waals surface area contributed by atoms with Crippen molar-refractivity contribution in [2.24, 2.45) is 0 Å². The first-order valence-electron chi connectivity index (χ1n) is 11.9. The van der Waals surface area contributed by atoms with Gasteiger partial charge in [0.1, 0.15) is 5.75 Å². The van der Waals surface area contributed by atoms with Gasteiger partial charge in [0, 0.05) is 11.1 Å². The molecule has 0 atom stereocenters. The quantitative estimate of drug-likeness (QED) is 0.299. The van der Waals surface area contributed by atoms with Crippen molar-refractivity contribution in [1.29, 1.82) is 0 Å². The lowest BCUT2D eigenvalue weighted by Crippen LogP contribution is -2.10. The molecule has 5 rings (SSSR count). The topological polar surface area (TPSA) is 31.2 Å². The molecule has 0 amide bonds. The zero-order valence-electron chi connectivity index (χ0n) is 19.7. The maximum atomic E-state index is 11.9. The Morgan fingerprint density at radius 1 is 0.848 bits per heavy atom. The van der Waals surface area contributed by atoms with Gasteiger partial charge >= 0.3 is 0 Å². The minimum atomic E-state index is 0.135. The van der Waals surface area contributed by atoms with Gasteiger partial charge in [0.25, 0.3) is 0 Å². The van der Waals surface area contributed by atoms with Crippen molar-refractivity contribution in [2.45, 2.75) is 58.0 Å². The first-order chi connectivity index (χ1) is 15.9. The van der Waals surface area contributed by atoms with Crippen LogP contribution in [0, 0.1) is 0 Å². The highest BCUT2D eigenvalue weighted by molar-refractivity contribution is 5.93. The largest absolute Gasteiger partial charge is 0.490 e. The summed E-state index contributed by atoms with van der Waals surface area (Å²) in [6.45, 7) is 6.68. The summed E-state index contributed by atoms with van der Waals surface area (Å²) in [5.41, 5.74) is 6.43. The van der Waals surface area contributed by atoms with Crippen molar-refractivity contribution >= 4 is 17.2 Å². The average molecular weight is 438 g/mol. The zero-order valence-corrected chi connectivity index (χ0v) is 19.7. The Labute approximate surface area is 196 Å². The molecule has 0 spiro atoms. The third-order valence-corrected chi connectivity index (χ3v) is 6.73. The lowest BCUT2D eigenvalue weighted by atomic mass is 9.86. The van der Waals surface area contributed by atoms with Crippen molar-refractivity contribution in [2.75, 3.05) is 0 Å². The molecule has 0 radical (unpaired) electrons. The summed E-state index contributed by atoms with van der Waals surface area (Å²) in [5.74, 6) is 0.899. The Balaban J connectivity index is 1.47. The minimum Gasteiger partial charge on any atom is -0.490 e. The van der Waals surface area contributed by atoms with E-state index in [1.165, 1.54) is 24.0 Å². The molecule has 0 unspecified atom stereocenters. The van der Waals surface area contributed by atoms with Crippen LogP contribution in [0.15, 0.2) is 72.8 Å². The van der Waals surface area contributed by atoms with Crippen LogP contribution in [0.4, 0.5) is 0 Å². The number of nitrogens with zero attached hydrogens (tertiary/aromatic N) is 1. The van der Waals surface area contributed by atoms with Gasteiger partial charge in [0.05, 0.1) is 17.3 Å². The van der Waals surface area contributed by atoms with Gasteiger partial charge in [-0.3, -0.25) is 4.79 Å². The normalized spacial score (nSPS) is 14.6. The molecule has 1 aliphatic carbocycles. The smallest absolute Gasteiger partial charge is 0.166 e. The molecule has 1 heterocycles. The van der Waals surface area contributed by atoms with E-state index in [9.17, 15) is 4.79 Å². The van der Waals surface area contributed by atoms with Gasteiger partial charge in [-0.05, 0) is 90.3 Å². The number of hydrogen-bond acceptors (Lipinski definition) is 2. The molecular formula is C30H31NO2. The molecule has 4 aromatic rings. The van der Waals surface area contributed by atoms with E-state index in [-0.39, 0.29) is 5.41 Å². The van der Waals surface area contributed by atoms with Crippen LogP contribution in [0.25, 0.3) is 27.7 Å². The number of rotatable bonds is 5. The summed E-state index contributed by atoms with van der Waals surface area (Å²) in [5, 5.41) is 1.06. The predicted molar refractivity (Wildman–Crippen MR) is 136 cm³/mol. The summed E-state index contributed by atoms with van der Waals surface area (Å²) in [6, 6.07) is 25.3. The van der Waals surface area contributed by atoms with Crippen LogP contribution in [-0.4, -0.2) is 17.0 Å². The molecule has 0 N–H and O–H groups in total. The highest BCUT2D eigenvalue weighted by atomic mass is 16.5. The molecular weight excluding hydrogens is 406 g/mol. The maximum absolute atomic E-state index is 11.9. The number of aromatic nitrogens is 1. The number of ether oxygens (including phenoxy) is 1. The highest BCUT2D eigenvalue weighted by Crippen LogP contribution is 2.31. The third-order valence-electron chi connectivity index (χ3n) is 6.73. The molecule has 0 aliphatic heterocycles. The molecule has 0 saturated heterocycles. The highest BCUT2D eigenvalue weighted by Gasteiger charge is 2.17. The summed E-state index contributed by atoms with van der Waals surface area (Å²) < 4.78 is 8.13. The van der Waals surface area contributed by atoms with Crippen molar-refractivity contribution in [1.82, 2.24) is 4.57 Å². The van der Waals surface area contributed by atoms with E-state index in [0.717, 1.165) is 47.0 Å². The Bertz CT molecular complexity index is 1270. The molecule has 1 saturated carbocycles. The monoisotopic (exact) mass is 437 g/mol. The summed E-state index contributed by atoms with van der Waals surface area (Å²) in [6.07, 6.45) is 6.05.